The quantitative estimate of drug-likeness (QED) is 0.299. The van der Waals surface area contributed by atoms with Crippen molar-refractivity contribution in [3.8, 4) is 34.0 Å². The van der Waals surface area contributed by atoms with Crippen molar-refractivity contribution < 1.29 is 0 Å². The lowest BCUT2D eigenvalue weighted by Crippen LogP contribution is -2.14. The fourth-order valence-electron chi connectivity index (χ4n) is 4.07. The van der Waals surface area contributed by atoms with E-state index in [0.717, 1.165) is 38.7 Å². The molecular formula is C29H20N6S. The molecule has 0 aromatic carbocycles. The van der Waals surface area contributed by atoms with Crippen LogP contribution in [0.1, 0.15) is 22.7 Å². The molecule has 7 heteroatoms. The average Bonchev–Trinajstić information content (AvgIpc) is 3.29. The summed E-state index contributed by atoms with van der Waals surface area (Å²) in [7, 11) is 0. The van der Waals surface area contributed by atoms with Crippen molar-refractivity contribution in [3.63, 3.8) is 0 Å². The molecule has 0 bridgehead atoms. The number of terminal acetylenes is 1. The molecule has 172 valence electrons. The number of fused-ring (bicyclic) bond motifs is 2. The number of thiophene rings is 1. The molecular weight excluding hydrogens is 464 g/mol. The Hall–Kier alpha value is -4.80. The van der Waals surface area contributed by atoms with Crippen LogP contribution in [-0.2, 0) is 0 Å². The van der Waals surface area contributed by atoms with Crippen molar-refractivity contribution in [2.24, 2.45) is 0 Å². The number of aromatic nitrogens is 5. The van der Waals surface area contributed by atoms with Crippen molar-refractivity contribution in [3.05, 3.63) is 120 Å². The molecule has 5 aromatic rings. The lowest BCUT2D eigenvalue weighted by molar-refractivity contribution is 0.902. The number of nitrogens with one attached hydrogen (secondary N) is 1. The van der Waals surface area contributed by atoms with E-state index in [4.69, 9.17) is 11.4 Å². The topological polar surface area (TPSA) is 68.0 Å². The Labute approximate surface area is 212 Å². The van der Waals surface area contributed by atoms with Crippen LogP contribution in [-0.4, -0.2) is 24.3 Å². The van der Waals surface area contributed by atoms with Gasteiger partial charge in [0.05, 0.1) is 17.1 Å². The largest absolute Gasteiger partial charge is 0.358 e. The molecule has 6 nitrogen and oxygen atoms in total. The van der Waals surface area contributed by atoms with Crippen molar-refractivity contribution in [1.29, 1.82) is 0 Å². The van der Waals surface area contributed by atoms with E-state index < -0.39 is 0 Å². The zero-order chi connectivity index (χ0) is 24.3. The first-order chi connectivity index (χ1) is 17.8. The third-order valence-electron chi connectivity index (χ3n) is 5.90. The molecule has 0 fully saturated rings. The fourth-order valence-corrected chi connectivity index (χ4v) is 4.92. The summed E-state index contributed by atoms with van der Waals surface area (Å²) in [6, 6.07) is 18.2. The summed E-state index contributed by atoms with van der Waals surface area (Å²) in [5.41, 5.74) is 7.24. The summed E-state index contributed by atoms with van der Waals surface area (Å²) < 4.78 is 1.99. The predicted molar refractivity (Wildman–Crippen MR) is 144 cm³/mol. The van der Waals surface area contributed by atoms with Crippen molar-refractivity contribution >= 4 is 22.8 Å². The number of anilines is 1. The summed E-state index contributed by atoms with van der Waals surface area (Å²) in [4.78, 5) is 18.6. The van der Waals surface area contributed by atoms with E-state index in [9.17, 15) is 0 Å². The fraction of sp³-hybridized carbons (Fsp3) is 0.0345. The van der Waals surface area contributed by atoms with Gasteiger partial charge in [-0.05, 0) is 51.9 Å². The van der Waals surface area contributed by atoms with Crippen LogP contribution in [0.25, 0.3) is 27.3 Å². The molecule has 36 heavy (non-hydrogen) atoms. The maximum absolute atomic E-state index is 5.73. The highest BCUT2D eigenvalue weighted by Crippen LogP contribution is 2.37. The van der Waals surface area contributed by atoms with E-state index in [2.05, 4.69) is 50.5 Å². The molecule has 0 radical (unpaired) electrons. The van der Waals surface area contributed by atoms with Crippen LogP contribution in [0, 0.1) is 12.3 Å². The minimum absolute atomic E-state index is 0.173. The molecule has 1 N–H and O–H groups in total. The standard InChI is InChI=1S/C23H16N6S.C6H4/c1-2-16-7-12-30-22(16)21-23(29-11-10-26-15-19(29)27-21)28-20(17-5-3-8-24-13-17)18-6-4-9-25-14-18;1-2-5-4-6(5)3-1/h1,3-15,20,28H;1-4H. The van der Waals surface area contributed by atoms with Crippen LogP contribution < -0.4 is 5.32 Å². The van der Waals surface area contributed by atoms with E-state index in [1.807, 2.05) is 58.7 Å². The van der Waals surface area contributed by atoms with Gasteiger partial charge in [0, 0.05) is 42.7 Å². The van der Waals surface area contributed by atoms with Crippen LogP contribution in [0.5, 0.6) is 0 Å². The Balaban J connectivity index is 0.000000346. The first-order valence-corrected chi connectivity index (χ1v) is 12.2. The molecule has 5 aromatic heterocycles. The van der Waals surface area contributed by atoms with Crippen molar-refractivity contribution in [2.75, 3.05) is 5.32 Å². The van der Waals surface area contributed by atoms with Gasteiger partial charge in [0.15, 0.2) is 5.65 Å². The molecule has 0 aliphatic heterocycles. The summed E-state index contributed by atoms with van der Waals surface area (Å²) in [6.45, 7) is 0. The second-order valence-electron chi connectivity index (χ2n) is 8.15. The molecule has 0 spiro atoms. The SMILES string of the molecule is C#Cc1ccsc1-c1nc2cnccn2c1NC(c1cccnc1)c1cccnc1.c1cc2cc-2c1. The minimum Gasteiger partial charge on any atom is -0.358 e. The van der Waals surface area contributed by atoms with Crippen LogP contribution in [0.3, 0.4) is 0 Å². The Morgan fingerprint density at radius 2 is 1.58 bits per heavy atom. The first-order valence-electron chi connectivity index (χ1n) is 11.3. The molecule has 2 aliphatic rings. The Kier molecular flexibility index (Phi) is 5.70. The van der Waals surface area contributed by atoms with Gasteiger partial charge in [-0.3, -0.25) is 19.4 Å². The van der Waals surface area contributed by atoms with E-state index in [0.29, 0.717) is 0 Å². The third kappa shape index (κ3) is 4.22. The van der Waals surface area contributed by atoms with Crippen LogP contribution >= 0.6 is 11.3 Å². The monoisotopic (exact) mass is 484 g/mol. The highest BCUT2D eigenvalue weighted by Gasteiger charge is 2.22. The molecule has 0 saturated heterocycles. The van der Waals surface area contributed by atoms with E-state index in [-0.39, 0.29) is 6.04 Å². The number of rotatable bonds is 5. The van der Waals surface area contributed by atoms with Gasteiger partial charge >= 0.3 is 0 Å². The predicted octanol–water partition coefficient (Wildman–Crippen LogP) is 6.10. The van der Waals surface area contributed by atoms with Crippen molar-refractivity contribution in [2.45, 2.75) is 6.04 Å². The molecule has 5 heterocycles. The van der Waals surface area contributed by atoms with Crippen molar-refractivity contribution in [1.82, 2.24) is 24.3 Å². The van der Waals surface area contributed by atoms with E-state index in [1.165, 1.54) is 11.1 Å². The lowest BCUT2D eigenvalue weighted by Gasteiger charge is -2.21. The lowest BCUT2D eigenvalue weighted by atomic mass is 10.0. The summed E-state index contributed by atoms with van der Waals surface area (Å²) in [5.74, 6) is 3.60. The van der Waals surface area contributed by atoms with E-state index >= 15 is 0 Å². The van der Waals surface area contributed by atoms with Gasteiger partial charge in [0.25, 0.3) is 0 Å². The van der Waals surface area contributed by atoms with Crippen LogP contribution in [0.2, 0.25) is 0 Å². The minimum atomic E-state index is -0.173. The van der Waals surface area contributed by atoms with E-state index in [1.54, 1.807) is 36.1 Å². The number of benzene rings is 1. The molecule has 0 amide bonds. The van der Waals surface area contributed by atoms with Gasteiger partial charge < -0.3 is 5.32 Å². The van der Waals surface area contributed by atoms with Gasteiger partial charge in [-0.1, -0.05) is 36.3 Å². The first kappa shape index (κ1) is 21.7. The van der Waals surface area contributed by atoms with Gasteiger partial charge in [-0.25, -0.2) is 4.98 Å². The summed E-state index contributed by atoms with van der Waals surface area (Å²) >= 11 is 1.57. The van der Waals surface area contributed by atoms with Gasteiger partial charge in [-0.15, -0.1) is 17.8 Å². The number of imidazole rings is 1. The summed E-state index contributed by atoms with van der Waals surface area (Å²) in [6.07, 6.45) is 18.3. The Bertz CT molecular complexity index is 1630. The van der Waals surface area contributed by atoms with Crippen LogP contribution in [0.4, 0.5) is 5.82 Å². The Morgan fingerprint density at radius 3 is 2.17 bits per heavy atom. The molecule has 0 saturated carbocycles. The second-order valence-corrected chi connectivity index (χ2v) is 9.07. The smallest absolute Gasteiger partial charge is 0.157 e. The highest BCUT2D eigenvalue weighted by molar-refractivity contribution is 7.13. The third-order valence-corrected chi connectivity index (χ3v) is 6.82. The zero-order valence-electron chi connectivity index (χ0n) is 19.1. The average molecular weight is 485 g/mol. The molecule has 2 aliphatic carbocycles. The van der Waals surface area contributed by atoms with Crippen LogP contribution in [0.15, 0.2) is 103 Å². The Morgan fingerprint density at radius 1 is 0.861 bits per heavy atom. The molecule has 7 rings (SSSR count). The zero-order valence-corrected chi connectivity index (χ0v) is 19.9. The number of hydrogen-bond acceptors (Lipinski definition) is 6. The molecule has 0 atom stereocenters. The number of pyridine rings is 2. The number of nitrogens with zero attached hydrogens (tertiary/aromatic N) is 5. The normalized spacial score (nSPS) is 11.0. The molecule has 0 unspecified atom stereocenters. The van der Waals surface area contributed by atoms with Gasteiger partial charge in [0.2, 0.25) is 0 Å². The highest BCUT2D eigenvalue weighted by atomic mass is 32.1. The number of hydrogen-bond donors (Lipinski definition) is 1. The van der Waals surface area contributed by atoms with Gasteiger partial charge in [0.1, 0.15) is 11.5 Å². The van der Waals surface area contributed by atoms with Gasteiger partial charge in [-0.2, -0.15) is 0 Å². The summed E-state index contributed by atoms with van der Waals surface area (Å²) in [5, 5.41) is 5.66. The maximum atomic E-state index is 5.73. The second kappa shape index (κ2) is 9.45. The maximum Gasteiger partial charge on any atom is 0.157 e.